The van der Waals surface area contributed by atoms with E-state index in [1.54, 1.807) is 0 Å². The summed E-state index contributed by atoms with van der Waals surface area (Å²) in [7, 11) is 0. The molecule has 0 fully saturated rings. The van der Waals surface area contributed by atoms with Crippen LogP contribution in [0.5, 0.6) is 0 Å². The molecule has 1 aromatic rings. The second kappa shape index (κ2) is 1.98. The fraction of sp³-hybridized carbons (Fsp3) is 0.200. The van der Waals surface area contributed by atoms with Gasteiger partial charge in [-0.25, -0.2) is 0 Å². The largest absolute Gasteiger partial charge is 0.0726 e. The normalized spacial score (nSPS) is 14.7. The van der Waals surface area contributed by atoms with Crippen molar-refractivity contribution in [1.82, 2.24) is 0 Å². The molecule has 1 aliphatic rings. The van der Waals surface area contributed by atoms with Gasteiger partial charge in [0.05, 0.1) is 0 Å². The molecule has 0 heteroatoms. The maximum Gasteiger partial charge on any atom is -0.0123 e. The van der Waals surface area contributed by atoms with E-state index >= 15 is 0 Å². The standard InChI is InChI=1S/C10H10/c1-8-6-7-9-4-2-3-5-10(8)9/h2-5,7H,6H2,1H3. The minimum Gasteiger partial charge on any atom is -0.0726 e. The Morgan fingerprint density at radius 2 is 2.00 bits per heavy atom. The molecule has 0 bridgehead atoms. The molecule has 50 valence electrons. The summed E-state index contributed by atoms with van der Waals surface area (Å²) in [6, 6.07) is 8.55. The zero-order valence-electron chi connectivity index (χ0n) is 6.09. The van der Waals surface area contributed by atoms with Crippen molar-refractivity contribution in [3.8, 4) is 0 Å². The van der Waals surface area contributed by atoms with Crippen LogP contribution in [0.25, 0.3) is 11.6 Å². The van der Waals surface area contributed by atoms with Crippen molar-refractivity contribution in [3.63, 3.8) is 0 Å². The smallest absolute Gasteiger partial charge is 0.0123 e. The number of hydrogen-bond donors (Lipinski definition) is 0. The Kier molecular flexibility index (Phi) is 1.13. The zero-order valence-corrected chi connectivity index (χ0v) is 6.09. The third-order valence-corrected chi connectivity index (χ3v) is 2.05. The van der Waals surface area contributed by atoms with Crippen LogP contribution in [-0.4, -0.2) is 0 Å². The molecule has 1 aliphatic carbocycles. The van der Waals surface area contributed by atoms with Crippen LogP contribution in [0.2, 0.25) is 0 Å². The van der Waals surface area contributed by atoms with Gasteiger partial charge in [-0.1, -0.05) is 35.9 Å². The molecule has 0 unspecified atom stereocenters. The summed E-state index contributed by atoms with van der Waals surface area (Å²) in [5.41, 5.74) is 1.50. The number of benzene rings is 1. The van der Waals surface area contributed by atoms with Gasteiger partial charge in [0.15, 0.2) is 0 Å². The molecule has 0 heterocycles. The molecule has 0 spiro atoms. The van der Waals surface area contributed by atoms with Gasteiger partial charge in [-0.2, -0.15) is 0 Å². The number of hydrogen-bond acceptors (Lipinski definition) is 0. The average molecular weight is 130 g/mol. The van der Waals surface area contributed by atoms with Crippen LogP contribution in [0.4, 0.5) is 0 Å². The van der Waals surface area contributed by atoms with Crippen molar-refractivity contribution in [3.05, 3.63) is 34.7 Å². The van der Waals surface area contributed by atoms with E-state index in [0.717, 1.165) is 6.42 Å². The summed E-state index contributed by atoms with van der Waals surface area (Å²) in [5, 5.41) is 2.84. The summed E-state index contributed by atoms with van der Waals surface area (Å²) in [6.07, 6.45) is 3.42. The highest BCUT2D eigenvalue weighted by atomic mass is 14.0. The molecule has 0 radical (unpaired) electrons. The highest BCUT2D eigenvalue weighted by Crippen LogP contribution is 2.01. The summed E-state index contributed by atoms with van der Waals surface area (Å²) >= 11 is 0. The fourth-order valence-corrected chi connectivity index (χ4v) is 1.44. The lowest BCUT2D eigenvalue weighted by atomic mass is 10.2. The van der Waals surface area contributed by atoms with E-state index in [1.165, 1.54) is 16.0 Å². The predicted octanol–water partition coefficient (Wildman–Crippen LogP) is 1.04. The van der Waals surface area contributed by atoms with Gasteiger partial charge < -0.3 is 0 Å². The van der Waals surface area contributed by atoms with Gasteiger partial charge in [0.2, 0.25) is 0 Å². The van der Waals surface area contributed by atoms with Crippen LogP contribution >= 0.6 is 0 Å². The molecular weight excluding hydrogens is 120 g/mol. The third kappa shape index (κ3) is 0.688. The Morgan fingerprint density at radius 1 is 1.20 bits per heavy atom. The van der Waals surface area contributed by atoms with Crippen LogP contribution in [0, 0.1) is 0 Å². The van der Waals surface area contributed by atoms with Crippen LogP contribution in [0.3, 0.4) is 0 Å². The summed E-state index contributed by atoms with van der Waals surface area (Å²) < 4.78 is 0. The lowest BCUT2D eigenvalue weighted by Crippen LogP contribution is -2.20. The van der Waals surface area contributed by atoms with E-state index in [1.807, 2.05) is 0 Å². The Labute approximate surface area is 60.5 Å². The molecule has 0 amide bonds. The first-order chi connectivity index (χ1) is 4.88. The molecule has 0 aromatic heterocycles. The Morgan fingerprint density at radius 3 is 2.80 bits per heavy atom. The van der Waals surface area contributed by atoms with Crippen LogP contribution in [0.15, 0.2) is 24.3 Å². The molecule has 0 atom stereocenters. The number of rotatable bonds is 0. The van der Waals surface area contributed by atoms with Gasteiger partial charge in [-0.15, -0.1) is 0 Å². The molecule has 10 heavy (non-hydrogen) atoms. The Bertz CT molecular complexity index is 358. The minimum absolute atomic E-state index is 1.14. The quantitative estimate of drug-likeness (QED) is 0.492. The summed E-state index contributed by atoms with van der Waals surface area (Å²) in [5.74, 6) is 0. The second-order valence-electron chi connectivity index (χ2n) is 2.78. The Hall–Kier alpha value is -1.04. The van der Waals surface area contributed by atoms with Crippen molar-refractivity contribution < 1.29 is 0 Å². The summed E-state index contributed by atoms with van der Waals surface area (Å²) in [4.78, 5) is 0. The van der Waals surface area contributed by atoms with Gasteiger partial charge >= 0.3 is 0 Å². The van der Waals surface area contributed by atoms with E-state index in [0.29, 0.717) is 0 Å². The van der Waals surface area contributed by atoms with E-state index in [9.17, 15) is 0 Å². The molecular formula is C10H10. The fourth-order valence-electron chi connectivity index (χ4n) is 1.44. The van der Waals surface area contributed by atoms with E-state index < -0.39 is 0 Å². The molecule has 0 saturated heterocycles. The lowest BCUT2D eigenvalue weighted by Gasteiger charge is -1.86. The van der Waals surface area contributed by atoms with Crippen molar-refractivity contribution >= 4 is 11.6 Å². The predicted molar refractivity (Wildman–Crippen MR) is 43.9 cm³/mol. The van der Waals surface area contributed by atoms with E-state index in [4.69, 9.17) is 0 Å². The van der Waals surface area contributed by atoms with Gasteiger partial charge in [-0.3, -0.25) is 0 Å². The van der Waals surface area contributed by atoms with Crippen LogP contribution in [-0.2, 0) is 0 Å². The molecule has 1 aromatic carbocycles. The van der Waals surface area contributed by atoms with Crippen LogP contribution < -0.4 is 10.4 Å². The van der Waals surface area contributed by atoms with Crippen molar-refractivity contribution in [2.75, 3.05) is 0 Å². The van der Waals surface area contributed by atoms with Crippen molar-refractivity contribution in [2.24, 2.45) is 0 Å². The van der Waals surface area contributed by atoms with Crippen molar-refractivity contribution in [2.45, 2.75) is 13.3 Å². The van der Waals surface area contributed by atoms with Gasteiger partial charge in [0.25, 0.3) is 0 Å². The van der Waals surface area contributed by atoms with Crippen molar-refractivity contribution in [1.29, 1.82) is 0 Å². The first-order valence-electron chi connectivity index (χ1n) is 3.63. The van der Waals surface area contributed by atoms with Gasteiger partial charge in [0, 0.05) is 0 Å². The molecule has 0 nitrogen and oxygen atoms in total. The number of fused-ring (bicyclic) bond motifs is 1. The topological polar surface area (TPSA) is 0 Å². The molecule has 2 rings (SSSR count). The highest BCUT2D eigenvalue weighted by molar-refractivity contribution is 5.56. The van der Waals surface area contributed by atoms with E-state index in [-0.39, 0.29) is 0 Å². The maximum absolute atomic E-state index is 2.28. The highest BCUT2D eigenvalue weighted by Gasteiger charge is 1.96. The molecule has 0 N–H and O–H groups in total. The lowest BCUT2D eigenvalue weighted by molar-refractivity contribution is 1.45. The SMILES string of the molecule is CC1=c2ccccc2=CC1. The van der Waals surface area contributed by atoms with Gasteiger partial charge in [-0.05, 0) is 23.8 Å². The van der Waals surface area contributed by atoms with Gasteiger partial charge in [0.1, 0.15) is 0 Å². The first kappa shape index (κ1) is 5.72. The Balaban J connectivity index is 2.96. The summed E-state index contributed by atoms with van der Waals surface area (Å²) in [6.45, 7) is 2.20. The second-order valence-corrected chi connectivity index (χ2v) is 2.78. The molecule has 0 saturated carbocycles. The zero-order chi connectivity index (χ0) is 6.97. The minimum atomic E-state index is 1.14. The van der Waals surface area contributed by atoms with Crippen LogP contribution in [0.1, 0.15) is 13.3 Å². The third-order valence-electron chi connectivity index (χ3n) is 2.05. The molecule has 0 aliphatic heterocycles. The average Bonchev–Trinajstić information content (AvgIpc) is 2.34. The first-order valence-corrected chi connectivity index (χ1v) is 3.63. The monoisotopic (exact) mass is 130 g/mol. The van der Waals surface area contributed by atoms with E-state index in [2.05, 4.69) is 37.3 Å². The maximum atomic E-state index is 2.28.